The minimum atomic E-state index is 0.677. The molecule has 1 aliphatic heterocycles. The molecular formula is C9H19N3S. The second-order valence-electron chi connectivity index (χ2n) is 3.71. The molecule has 0 amide bonds. The number of nitrogens with one attached hydrogen (secondary N) is 1. The van der Waals surface area contributed by atoms with E-state index in [4.69, 9.17) is 12.2 Å². The van der Waals surface area contributed by atoms with E-state index >= 15 is 0 Å². The Morgan fingerprint density at radius 3 is 2.85 bits per heavy atom. The molecule has 0 aromatic heterocycles. The molecule has 0 radical (unpaired) electrons. The Morgan fingerprint density at radius 1 is 1.69 bits per heavy atom. The van der Waals surface area contributed by atoms with Crippen molar-refractivity contribution in [1.82, 2.24) is 15.1 Å². The third-order valence-electron chi connectivity index (χ3n) is 2.72. The summed E-state index contributed by atoms with van der Waals surface area (Å²) in [5, 5.41) is 3.83. The quantitative estimate of drug-likeness (QED) is 0.656. The molecule has 0 aromatic rings. The van der Waals surface area contributed by atoms with Crippen LogP contribution in [-0.4, -0.2) is 55.2 Å². The Kier molecular flexibility index (Phi) is 3.93. The fraction of sp³-hybridized carbons (Fsp3) is 0.889. The van der Waals surface area contributed by atoms with Crippen LogP contribution in [0.2, 0.25) is 0 Å². The van der Waals surface area contributed by atoms with Crippen LogP contribution < -0.4 is 5.32 Å². The third kappa shape index (κ3) is 2.81. The molecule has 1 fully saturated rings. The maximum Gasteiger partial charge on any atom is 0.168 e. The average molecular weight is 201 g/mol. The average Bonchev–Trinajstić information content (AvgIpc) is 2.50. The van der Waals surface area contributed by atoms with Gasteiger partial charge in [-0.3, -0.25) is 0 Å². The summed E-state index contributed by atoms with van der Waals surface area (Å²) in [6.07, 6.45) is 2.62. The van der Waals surface area contributed by atoms with Crippen LogP contribution in [-0.2, 0) is 0 Å². The van der Waals surface area contributed by atoms with Gasteiger partial charge in [-0.2, -0.15) is 0 Å². The molecule has 1 heterocycles. The van der Waals surface area contributed by atoms with E-state index in [2.05, 4.69) is 22.2 Å². The lowest BCUT2D eigenvalue weighted by molar-refractivity contribution is 0.267. The van der Waals surface area contributed by atoms with Gasteiger partial charge in [-0.25, -0.2) is 0 Å². The SMILES string of the molecule is CNC(=S)N(C)CC1CCCN1C. The van der Waals surface area contributed by atoms with Crippen molar-refractivity contribution in [2.24, 2.45) is 0 Å². The monoisotopic (exact) mass is 201 g/mol. The first-order valence-electron chi connectivity index (χ1n) is 4.78. The number of nitrogens with zero attached hydrogens (tertiary/aromatic N) is 2. The molecule has 0 saturated carbocycles. The highest BCUT2D eigenvalue weighted by Crippen LogP contribution is 2.15. The number of hydrogen-bond donors (Lipinski definition) is 1. The van der Waals surface area contributed by atoms with Crippen LogP contribution in [0.4, 0.5) is 0 Å². The lowest BCUT2D eigenvalue weighted by atomic mass is 10.2. The maximum absolute atomic E-state index is 5.15. The number of likely N-dealkylation sites (tertiary alicyclic amines) is 1. The summed E-state index contributed by atoms with van der Waals surface area (Å²) in [5.41, 5.74) is 0. The summed E-state index contributed by atoms with van der Waals surface area (Å²) in [7, 11) is 6.11. The molecule has 76 valence electrons. The Balaban J connectivity index is 2.34. The number of hydrogen-bond acceptors (Lipinski definition) is 2. The topological polar surface area (TPSA) is 18.5 Å². The molecule has 0 bridgehead atoms. The van der Waals surface area contributed by atoms with E-state index in [0.717, 1.165) is 11.7 Å². The molecule has 1 saturated heterocycles. The first-order chi connectivity index (χ1) is 6.15. The van der Waals surface area contributed by atoms with E-state index in [1.54, 1.807) is 0 Å². The van der Waals surface area contributed by atoms with Gasteiger partial charge in [0.05, 0.1) is 0 Å². The van der Waals surface area contributed by atoms with Gasteiger partial charge in [0.25, 0.3) is 0 Å². The highest BCUT2D eigenvalue weighted by atomic mass is 32.1. The lowest BCUT2D eigenvalue weighted by Crippen LogP contribution is -2.42. The van der Waals surface area contributed by atoms with Gasteiger partial charge < -0.3 is 15.1 Å². The standard InChI is InChI=1S/C9H19N3S/c1-10-9(13)12(3)7-8-5-4-6-11(8)2/h8H,4-7H2,1-3H3,(H,10,13). The first kappa shape index (κ1) is 10.7. The highest BCUT2D eigenvalue weighted by Gasteiger charge is 2.22. The summed E-state index contributed by atoms with van der Waals surface area (Å²) >= 11 is 5.15. The maximum atomic E-state index is 5.15. The van der Waals surface area contributed by atoms with Crippen LogP contribution in [0.15, 0.2) is 0 Å². The third-order valence-corrected chi connectivity index (χ3v) is 3.23. The van der Waals surface area contributed by atoms with Crippen molar-refractivity contribution in [3.8, 4) is 0 Å². The summed E-state index contributed by atoms with van der Waals surface area (Å²) < 4.78 is 0. The van der Waals surface area contributed by atoms with Crippen LogP contribution in [0.25, 0.3) is 0 Å². The molecule has 3 nitrogen and oxygen atoms in total. The first-order valence-corrected chi connectivity index (χ1v) is 5.19. The molecule has 0 spiro atoms. The molecule has 0 aromatic carbocycles. The number of thiocarbonyl (C=S) groups is 1. The summed E-state index contributed by atoms with van der Waals surface area (Å²) in [6.45, 7) is 2.26. The fourth-order valence-corrected chi connectivity index (χ4v) is 1.87. The van der Waals surface area contributed by atoms with E-state index in [1.807, 2.05) is 14.1 Å². The second-order valence-corrected chi connectivity index (χ2v) is 4.10. The van der Waals surface area contributed by atoms with E-state index in [-0.39, 0.29) is 0 Å². The normalized spacial score (nSPS) is 23.2. The van der Waals surface area contributed by atoms with Gasteiger partial charge in [0.1, 0.15) is 0 Å². The van der Waals surface area contributed by atoms with Gasteiger partial charge in [-0.15, -0.1) is 0 Å². The van der Waals surface area contributed by atoms with Crippen molar-refractivity contribution in [2.75, 3.05) is 34.2 Å². The predicted octanol–water partition coefficient (Wildman–Crippen LogP) is 0.517. The molecule has 1 N–H and O–H groups in total. The molecule has 4 heteroatoms. The van der Waals surface area contributed by atoms with Crippen molar-refractivity contribution >= 4 is 17.3 Å². The zero-order chi connectivity index (χ0) is 9.84. The smallest absolute Gasteiger partial charge is 0.168 e. The van der Waals surface area contributed by atoms with E-state index in [1.165, 1.54) is 19.4 Å². The van der Waals surface area contributed by atoms with Gasteiger partial charge in [-0.05, 0) is 38.7 Å². The van der Waals surface area contributed by atoms with Gasteiger partial charge in [0, 0.05) is 26.7 Å². The molecule has 1 rings (SSSR count). The van der Waals surface area contributed by atoms with Crippen molar-refractivity contribution in [3.05, 3.63) is 0 Å². The second kappa shape index (κ2) is 4.77. The Labute approximate surface area is 86.1 Å². The zero-order valence-electron chi connectivity index (χ0n) is 8.71. The van der Waals surface area contributed by atoms with Gasteiger partial charge >= 0.3 is 0 Å². The molecule has 1 aliphatic rings. The van der Waals surface area contributed by atoms with Crippen LogP contribution >= 0.6 is 12.2 Å². The van der Waals surface area contributed by atoms with Crippen molar-refractivity contribution in [3.63, 3.8) is 0 Å². The Hall–Kier alpha value is -0.350. The van der Waals surface area contributed by atoms with Gasteiger partial charge in [-0.1, -0.05) is 0 Å². The van der Waals surface area contributed by atoms with Crippen molar-refractivity contribution in [1.29, 1.82) is 0 Å². The zero-order valence-corrected chi connectivity index (χ0v) is 9.52. The summed E-state index contributed by atoms with van der Waals surface area (Å²) in [6, 6.07) is 0.677. The predicted molar refractivity (Wildman–Crippen MR) is 59.9 cm³/mol. The van der Waals surface area contributed by atoms with E-state index < -0.39 is 0 Å². The largest absolute Gasteiger partial charge is 0.366 e. The van der Waals surface area contributed by atoms with Gasteiger partial charge in [0.15, 0.2) is 5.11 Å². The van der Waals surface area contributed by atoms with Crippen molar-refractivity contribution < 1.29 is 0 Å². The highest BCUT2D eigenvalue weighted by molar-refractivity contribution is 7.80. The molecule has 13 heavy (non-hydrogen) atoms. The molecular weight excluding hydrogens is 182 g/mol. The van der Waals surface area contributed by atoms with Crippen LogP contribution in [0.5, 0.6) is 0 Å². The molecule has 1 unspecified atom stereocenters. The lowest BCUT2D eigenvalue weighted by Gasteiger charge is -2.27. The fourth-order valence-electron chi connectivity index (χ4n) is 1.80. The number of likely N-dealkylation sites (N-methyl/N-ethyl adjacent to an activating group) is 2. The Bertz CT molecular complexity index is 184. The van der Waals surface area contributed by atoms with E-state index in [9.17, 15) is 0 Å². The van der Waals surface area contributed by atoms with Crippen LogP contribution in [0, 0.1) is 0 Å². The molecule has 1 atom stereocenters. The van der Waals surface area contributed by atoms with Crippen LogP contribution in [0.1, 0.15) is 12.8 Å². The van der Waals surface area contributed by atoms with Crippen molar-refractivity contribution in [2.45, 2.75) is 18.9 Å². The van der Waals surface area contributed by atoms with Gasteiger partial charge in [0.2, 0.25) is 0 Å². The Morgan fingerprint density at radius 2 is 2.38 bits per heavy atom. The van der Waals surface area contributed by atoms with E-state index in [0.29, 0.717) is 6.04 Å². The summed E-state index contributed by atoms with van der Waals surface area (Å²) in [5.74, 6) is 0. The molecule has 0 aliphatic carbocycles. The number of rotatable bonds is 2. The van der Waals surface area contributed by atoms with Crippen LogP contribution in [0.3, 0.4) is 0 Å². The minimum Gasteiger partial charge on any atom is -0.366 e. The summed E-state index contributed by atoms with van der Waals surface area (Å²) in [4.78, 5) is 4.52. The minimum absolute atomic E-state index is 0.677.